The Morgan fingerprint density at radius 2 is 1.60 bits per heavy atom. The van der Waals surface area contributed by atoms with Crippen molar-refractivity contribution < 1.29 is 27.2 Å². The van der Waals surface area contributed by atoms with Gasteiger partial charge in [0.25, 0.3) is 0 Å². The van der Waals surface area contributed by atoms with Gasteiger partial charge in [-0.1, -0.05) is 50.6 Å². The number of nitrogens with zero attached hydrogens (tertiary/aromatic N) is 2. The highest BCUT2D eigenvalue weighted by Gasteiger charge is 2.43. The fourth-order valence-electron chi connectivity index (χ4n) is 5.66. The van der Waals surface area contributed by atoms with Gasteiger partial charge in [0.2, 0.25) is 5.76 Å². The van der Waals surface area contributed by atoms with E-state index in [0.717, 1.165) is 16.9 Å². The van der Waals surface area contributed by atoms with Crippen LogP contribution in [0, 0.1) is 19.8 Å². The lowest BCUT2D eigenvalue weighted by atomic mass is 9.76. The van der Waals surface area contributed by atoms with E-state index in [1.54, 1.807) is 28.9 Å². The number of piperidine rings is 1. The van der Waals surface area contributed by atoms with Crippen molar-refractivity contribution in [2.24, 2.45) is 5.92 Å². The van der Waals surface area contributed by atoms with Crippen LogP contribution in [0.3, 0.4) is 0 Å². The Morgan fingerprint density at radius 1 is 0.956 bits per heavy atom. The summed E-state index contributed by atoms with van der Waals surface area (Å²) >= 11 is 0. The molecule has 2 aromatic heterocycles. The maximum atomic E-state index is 13.8. The smallest absolute Gasteiger partial charge is 0.450 e. The summed E-state index contributed by atoms with van der Waals surface area (Å²) in [6.07, 6.45) is -3.51. The second-order valence-corrected chi connectivity index (χ2v) is 12.6. The van der Waals surface area contributed by atoms with Gasteiger partial charge in [-0.15, -0.1) is 0 Å². The second kappa shape index (κ2) is 12.5. The fraction of sp³-hybridized carbons (Fsp3) is 0.382. The molecule has 11 heteroatoms. The number of ketones is 1. The van der Waals surface area contributed by atoms with Crippen molar-refractivity contribution in [1.82, 2.24) is 15.1 Å². The standard InChI is InChI=1S/C34H38F3N5O3/c1-20-6-12-25(13-7-20)42-28(19-27(41-42)33(3,4)5)40-32(44)39-24-10-8-22(9-11-24)29(23-14-16-38-17-15-23)30(43)26-18-21(2)45-31(26)34(35,36)37/h6-13,18-19,23,29,38H,14-17H2,1-5H3,(H2,39,40,44). The number of nitrogens with one attached hydrogen (secondary N) is 3. The number of Topliss-reactive ketones (excluding diaryl/α,β-unsaturated/α-hetero) is 1. The molecule has 1 unspecified atom stereocenters. The van der Waals surface area contributed by atoms with Crippen molar-refractivity contribution >= 4 is 23.3 Å². The van der Waals surface area contributed by atoms with Crippen molar-refractivity contribution in [3.05, 3.63) is 94.6 Å². The van der Waals surface area contributed by atoms with E-state index in [4.69, 9.17) is 9.52 Å². The molecule has 0 aliphatic carbocycles. The maximum Gasteiger partial charge on any atom is 0.450 e. The van der Waals surface area contributed by atoms with Gasteiger partial charge in [-0.25, -0.2) is 9.48 Å². The van der Waals surface area contributed by atoms with Crippen molar-refractivity contribution in [3.8, 4) is 5.69 Å². The van der Waals surface area contributed by atoms with Crippen molar-refractivity contribution in [2.45, 2.75) is 65.0 Å². The zero-order valence-corrected chi connectivity index (χ0v) is 26.0. The molecule has 3 heterocycles. The van der Waals surface area contributed by atoms with Crippen molar-refractivity contribution in [1.29, 1.82) is 0 Å². The third kappa shape index (κ3) is 7.30. The third-order valence-electron chi connectivity index (χ3n) is 8.04. The van der Waals surface area contributed by atoms with E-state index in [-0.39, 0.29) is 17.1 Å². The predicted octanol–water partition coefficient (Wildman–Crippen LogP) is 8.01. The molecule has 45 heavy (non-hydrogen) atoms. The number of carbonyl (C=O) groups is 2. The number of aromatic nitrogens is 2. The Labute approximate surface area is 260 Å². The molecule has 0 bridgehead atoms. The van der Waals surface area contributed by atoms with Crippen LogP contribution < -0.4 is 16.0 Å². The fourth-order valence-corrected chi connectivity index (χ4v) is 5.66. The van der Waals surface area contributed by atoms with Crippen molar-refractivity contribution in [3.63, 3.8) is 0 Å². The highest BCUT2D eigenvalue weighted by molar-refractivity contribution is 6.02. The number of alkyl halides is 3. The predicted molar refractivity (Wildman–Crippen MR) is 167 cm³/mol. The van der Waals surface area contributed by atoms with Crippen LogP contribution in [0.1, 0.15) is 78.2 Å². The summed E-state index contributed by atoms with van der Waals surface area (Å²) in [7, 11) is 0. The minimum atomic E-state index is -4.79. The molecule has 4 aromatic rings. The number of urea groups is 1. The van der Waals surface area contributed by atoms with Crippen LogP contribution in [0.2, 0.25) is 0 Å². The number of furan rings is 1. The molecule has 8 nitrogen and oxygen atoms in total. The number of carbonyl (C=O) groups excluding carboxylic acids is 2. The molecule has 1 aliphatic rings. The highest BCUT2D eigenvalue weighted by atomic mass is 19.4. The van der Waals surface area contributed by atoms with Crippen LogP contribution >= 0.6 is 0 Å². The topological polar surface area (TPSA) is 101 Å². The van der Waals surface area contributed by atoms with Gasteiger partial charge in [-0.05, 0) is 81.6 Å². The first-order valence-corrected chi connectivity index (χ1v) is 15.0. The third-order valence-corrected chi connectivity index (χ3v) is 8.04. The molecule has 2 amide bonds. The SMILES string of the molecule is Cc1ccc(-n2nc(C(C)(C)C)cc2NC(=O)Nc2ccc(C(C(=O)c3cc(C)oc3C(F)(F)F)C3CCNCC3)cc2)cc1. The Bertz CT molecular complexity index is 1660. The number of aryl methyl sites for hydroxylation is 2. The summed E-state index contributed by atoms with van der Waals surface area (Å²) in [5.41, 5.74) is 3.03. The van der Waals surface area contributed by atoms with Gasteiger partial charge in [0.05, 0.1) is 22.9 Å². The van der Waals surface area contributed by atoms with Crippen LogP contribution in [0.4, 0.5) is 29.5 Å². The van der Waals surface area contributed by atoms with Gasteiger partial charge < -0.3 is 15.1 Å². The maximum absolute atomic E-state index is 13.8. The number of halogens is 3. The molecule has 238 valence electrons. The zero-order valence-electron chi connectivity index (χ0n) is 26.0. The summed E-state index contributed by atoms with van der Waals surface area (Å²) in [5, 5.41) is 13.7. The lowest BCUT2D eigenvalue weighted by Crippen LogP contribution is -2.34. The number of anilines is 2. The van der Waals surface area contributed by atoms with Crippen LogP contribution in [0.25, 0.3) is 5.69 Å². The number of rotatable bonds is 7. The summed E-state index contributed by atoms with van der Waals surface area (Å²) < 4.78 is 47.9. The van der Waals surface area contributed by atoms with Crippen LogP contribution in [-0.4, -0.2) is 34.7 Å². The van der Waals surface area contributed by atoms with Gasteiger partial charge in [0.1, 0.15) is 11.6 Å². The van der Waals surface area contributed by atoms with E-state index < -0.39 is 35.2 Å². The van der Waals surface area contributed by atoms with Gasteiger partial charge >= 0.3 is 12.2 Å². The molecule has 3 N–H and O–H groups in total. The Morgan fingerprint density at radius 3 is 2.20 bits per heavy atom. The molecule has 5 rings (SSSR count). The molecule has 0 spiro atoms. The average Bonchev–Trinajstić information content (AvgIpc) is 3.59. The van der Waals surface area contributed by atoms with E-state index in [1.165, 1.54) is 13.0 Å². The largest absolute Gasteiger partial charge is 0.456 e. The monoisotopic (exact) mass is 621 g/mol. The van der Waals surface area contributed by atoms with E-state index in [2.05, 4.69) is 16.0 Å². The summed E-state index contributed by atoms with van der Waals surface area (Å²) in [4.78, 5) is 26.9. The first kappa shape index (κ1) is 32.0. The summed E-state index contributed by atoms with van der Waals surface area (Å²) in [6.45, 7) is 10.9. The molecule has 1 fully saturated rings. The number of benzene rings is 2. The van der Waals surface area contributed by atoms with Crippen molar-refractivity contribution in [2.75, 3.05) is 23.7 Å². The molecule has 1 saturated heterocycles. The van der Waals surface area contributed by atoms with E-state index in [0.29, 0.717) is 43.0 Å². The second-order valence-electron chi connectivity index (χ2n) is 12.6. The molecular weight excluding hydrogens is 583 g/mol. The van der Waals surface area contributed by atoms with Crippen LogP contribution in [0.15, 0.2) is 65.1 Å². The lowest BCUT2D eigenvalue weighted by Gasteiger charge is -2.30. The molecular formula is C34H38F3N5O3. The lowest BCUT2D eigenvalue weighted by molar-refractivity contribution is -0.153. The number of hydrogen-bond acceptors (Lipinski definition) is 5. The molecule has 0 radical (unpaired) electrons. The minimum Gasteiger partial charge on any atom is -0.456 e. The van der Waals surface area contributed by atoms with Gasteiger partial charge in [-0.3, -0.25) is 10.1 Å². The molecule has 1 aliphatic heterocycles. The Kier molecular flexibility index (Phi) is 8.93. The van der Waals surface area contributed by atoms with E-state index in [1.807, 2.05) is 58.0 Å². The molecule has 0 saturated carbocycles. The summed E-state index contributed by atoms with van der Waals surface area (Å²) in [5.74, 6) is -2.32. The normalized spacial score (nSPS) is 15.1. The molecule has 2 aromatic carbocycles. The first-order chi connectivity index (χ1) is 21.2. The number of amides is 2. The van der Waals surface area contributed by atoms with Crippen LogP contribution in [-0.2, 0) is 11.6 Å². The highest BCUT2D eigenvalue weighted by Crippen LogP contribution is 2.40. The van der Waals surface area contributed by atoms with Gasteiger partial charge in [0.15, 0.2) is 5.78 Å². The Balaban J connectivity index is 1.38. The first-order valence-electron chi connectivity index (χ1n) is 15.0. The minimum absolute atomic E-state index is 0.0265. The quantitative estimate of drug-likeness (QED) is 0.182. The summed E-state index contributed by atoms with van der Waals surface area (Å²) in [6, 6.07) is 17.0. The van der Waals surface area contributed by atoms with Gasteiger partial charge in [-0.2, -0.15) is 18.3 Å². The van der Waals surface area contributed by atoms with E-state index >= 15 is 0 Å². The average molecular weight is 622 g/mol. The number of hydrogen-bond donors (Lipinski definition) is 3. The van der Waals surface area contributed by atoms with Gasteiger partial charge in [0, 0.05) is 17.2 Å². The zero-order chi connectivity index (χ0) is 32.5. The molecule has 1 atom stereocenters. The van der Waals surface area contributed by atoms with Crippen LogP contribution in [0.5, 0.6) is 0 Å². The Hall–Kier alpha value is -4.38. The van der Waals surface area contributed by atoms with E-state index in [9.17, 15) is 22.8 Å².